The van der Waals surface area contributed by atoms with Gasteiger partial charge in [-0.15, -0.1) is 0 Å². The summed E-state index contributed by atoms with van der Waals surface area (Å²) in [5, 5.41) is 18.3. The summed E-state index contributed by atoms with van der Waals surface area (Å²) in [6, 6.07) is 3.21. The lowest BCUT2D eigenvalue weighted by molar-refractivity contribution is -0.148. The van der Waals surface area contributed by atoms with Crippen molar-refractivity contribution in [2.24, 2.45) is 5.92 Å². The Morgan fingerprint density at radius 1 is 0.578 bits per heavy atom. The maximum absolute atomic E-state index is 11.4. The monoisotopic (exact) mass is 776 g/mol. The van der Waals surface area contributed by atoms with Crippen LogP contribution in [0.1, 0.15) is 38.5 Å². The fourth-order valence-corrected chi connectivity index (χ4v) is 33.1. The van der Waals surface area contributed by atoms with Gasteiger partial charge < -0.3 is 26.7 Å². The summed E-state index contributed by atoms with van der Waals surface area (Å²) in [5.74, 6) is 1.18. The third-order valence-corrected chi connectivity index (χ3v) is 29.1. The predicted molar refractivity (Wildman–Crippen MR) is 211 cm³/mol. The van der Waals surface area contributed by atoms with E-state index < -0.39 is 68.2 Å². The molecule has 0 aliphatic rings. The number of carbonyl (C=O) groups is 2. The van der Waals surface area contributed by atoms with E-state index in [2.05, 4.69) is 96.9 Å². The molecule has 45 heavy (non-hydrogen) atoms. The van der Waals surface area contributed by atoms with Crippen LogP contribution in [-0.2, 0) is 26.0 Å². The van der Waals surface area contributed by atoms with Crippen molar-refractivity contribution in [3.8, 4) is 0 Å². The molecule has 0 rings (SSSR count). The maximum atomic E-state index is 11.4. The highest BCUT2D eigenvalue weighted by atomic mass is 32.2. The average molecular weight is 778 g/mol. The minimum Gasteiger partial charge on any atom is -0.481 e. The quantitative estimate of drug-likeness (QED) is 0.0618. The van der Waals surface area contributed by atoms with Crippen LogP contribution in [-0.4, -0.2) is 95.6 Å². The third-order valence-electron chi connectivity index (χ3n) is 6.63. The minimum atomic E-state index is -2.68. The molecule has 0 aromatic heterocycles. The Labute approximate surface area is 291 Å². The van der Waals surface area contributed by atoms with Gasteiger partial charge >= 0.3 is 37.6 Å². The lowest BCUT2D eigenvalue weighted by atomic mass is 10.0. The molecule has 0 aliphatic carbocycles. The van der Waals surface area contributed by atoms with Crippen LogP contribution in [0.25, 0.3) is 0 Å². The molecule has 3 unspecified atom stereocenters. The SMILES string of the molecule is C[Si](C)(C)CCCSCCC[Si](C)(O[Si](C)(C)C)O[Si](C)(CCCSCCCC(CC(=O)O)C(=O)O)O[Si](C)(C)O[Si](C)(C)C. The number of hydrogen-bond acceptors (Lipinski definition) is 8. The summed E-state index contributed by atoms with van der Waals surface area (Å²) < 4.78 is 27.8. The van der Waals surface area contributed by atoms with Crippen molar-refractivity contribution in [2.45, 2.75) is 142 Å². The van der Waals surface area contributed by atoms with Gasteiger partial charge in [-0.25, -0.2) is 0 Å². The third kappa shape index (κ3) is 26.3. The Kier molecular flexibility index (Phi) is 20.8. The molecule has 0 aliphatic heterocycles. The highest BCUT2D eigenvalue weighted by Gasteiger charge is 2.48. The summed E-state index contributed by atoms with van der Waals surface area (Å²) in [6.07, 6.45) is 4.09. The van der Waals surface area contributed by atoms with Crippen molar-refractivity contribution in [3.63, 3.8) is 0 Å². The summed E-state index contributed by atoms with van der Waals surface area (Å²) in [5.41, 5.74) is 0. The molecule has 2 N–H and O–H groups in total. The van der Waals surface area contributed by atoms with Gasteiger partial charge in [0.2, 0.25) is 0 Å². The Hall–Kier alpha value is 0.781. The van der Waals surface area contributed by atoms with Gasteiger partial charge in [-0.05, 0) is 133 Å². The summed E-state index contributed by atoms with van der Waals surface area (Å²) >= 11 is 3.86. The second kappa shape index (κ2) is 20.5. The summed E-state index contributed by atoms with van der Waals surface area (Å²) in [7, 11) is -12.3. The van der Waals surface area contributed by atoms with Gasteiger partial charge in [-0.2, -0.15) is 23.5 Å². The van der Waals surface area contributed by atoms with E-state index in [1.165, 1.54) is 18.2 Å². The van der Waals surface area contributed by atoms with Crippen LogP contribution in [0.15, 0.2) is 0 Å². The zero-order valence-electron chi connectivity index (χ0n) is 30.9. The molecule has 0 aromatic rings. The molecular formula is C29H68O8S2Si6. The van der Waals surface area contributed by atoms with Gasteiger partial charge in [0.15, 0.2) is 16.6 Å². The lowest BCUT2D eigenvalue weighted by Crippen LogP contribution is -2.60. The number of hydrogen-bond donors (Lipinski definition) is 2. The molecule has 0 heterocycles. The molecule has 16 heteroatoms. The van der Waals surface area contributed by atoms with E-state index in [0.717, 1.165) is 42.2 Å². The zero-order chi connectivity index (χ0) is 35.2. The van der Waals surface area contributed by atoms with E-state index in [1.54, 1.807) is 11.8 Å². The van der Waals surface area contributed by atoms with Crippen LogP contribution < -0.4 is 0 Å². The topological polar surface area (TPSA) is 112 Å². The fourth-order valence-electron chi connectivity index (χ4n) is 5.48. The first-order chi connectivity index (χ1) is 20.3. The van der Waals surface area contributed by atoms with E-state index in [9.17, 15) is 14.7 Å². The number of carboxylic acid groups (broad SMARTS) is 2. The zero-order valence-corrected chi connectivity index (χ0v) is 38.6. The largest absolute Gasteiger partial charge is 0.481 e. The van der Waals surface area contributed by atoms with Crippen LogP contribution in [0.3, 0.4) is 0 Å². The lowest BCUT2D eigenvalue weighted by Gasteiger charge is -2.44. The van der Waals surface area contributed by atoms with E-state index in [1.807, 2.05) is 0 Å². The van der Waals surface area contributed by atoms with E-state index in [0.29, 0.717) is 12.8 Å². The number of thioether (sulfide) groups is 2. The van der Waals surface area contributed by atoms with Gasteiger partial charge in [-0.3, -0.25) is 9.59 Å². The second-order valence-electron chi connectivity index (χ2n) is 16.2. The fraction of sp³-hybridized carbons (Fsp3) is 0.931. The molecule has 268 valence electrons. The van der Waals surface area contributed by atoms with Gasteiger partial charge in [0.1, 0.15) is 0 Å². The molecule has 0 fully saturated rings. The van der Waals surface area contributed by atoms with E-state index in [4.69, 9.17) is 21.6 Å². The number of carboxylic acids is 2. The van der Waals surface area contributed by atoms with Crippen molar-refractivity contribution in [1.29, 1.82) is 0 Å². The van der Waals surface area contributed by atoms with Crippen molar-refractivity contribution in [3.05, 3.63) is 0 Å². The Morgan fingerprint density at radius 3 is 1.40 bits per heavy atom. The molecule has 0 saturated carbocycles. The van der Waals surface area contributed by atoms with E-state index >= 15 is 0 Å². The molecule has 8 nitrogen and oxygen atoms in total. The van der Waals surface area contributed by atoms with Crippen molar-refractivity contribution < 1.29 is 36.3 Å². The highest BCUT2D eigenvalue weighted by Crippen LogP contribution is 2.33. The van der Waals surface area contributed by atoms with Crippen LogP contribution in [0.2, 0.25) is 103 Å². The van der Waals surface area contributed by atoms with Gasteiger partial charge in [0.05, 0.1) is 12.3 Å². The van der Waals surface area contributed by atoms with Crippen LogP contribution in [0, 0.1) is 5.92 Å². The molecule has 0 bridgehead atoms. The number of rotatable bonds is 27. The second-order valence-corrected chi connectivity index (χ2v) is 44.3. The van der Waals surface area contributed by atoms with Gasteiger partial charge in [0.25, 0.3) is 0 Å². The standard InChI is InChI=1S/C29H68O8S2Si6/c1-40(2,3)23-15-20-39-22-16-24-44(12,35-42(7,8)9)37-45(13,36-43(10,11)34-41(4,5)6)25-17-21-38-19-14-18-27(29(32)33)26-28(30)31/h27H,14-26H2,1-13H3,(H,30,31)(H,32,33). The molecule has 0 spiro atoms. The molecule has 3 atom stereocenters. The molecule has 0 radical (unpaired) electrons. The first kappa shape index (κ1) is 45.8. The number of aliphatic carboxylic acids is 2. The normalized spacial score (nSPS) is 16.6. The first-order valence-corrected chi connectivity index (χ1v) is 37.4. The minimum absolute atomic E-state index is 0.322. The maximum Gasteiger partial charge on any atom is 0.317 e. The molecular weight excluding hydrogens is 709 g/mol. The van der Waals surface area contributed by atoms with Gasteiger partial charge in [0, 0.05) is 8.07 Å². The van der Waals surface area contributed by atoms with Crippen LogP contribution in [0.4, 0.5) is 0 Å². The van der Waals surface area contributed by atoms with Crippen molar-refractivity contribution in [1.82, 2.24) is 0 Å². The molecule has 0 amide bonds. The Morgan fingerprint density at radius 2 is 1.00 bits per heavy atom. The molecule has 0 saturated heterocycles. The Balaban J connectivity index is 5.46. The van der Waals surface area contributed by atoms with Crippen molar-refractivity contribution in [2.75, 3.05) is 23.0 Å². The van der Waals surface area contributed by atoms with Gasteiger partial charge in [-0.1, -0.05) is 25.7 Å². The summed E-state index contributed by atoms with van der Waals surface area (Å²) in [4.78, 5) is 22.3. The smallest absolute Gasteiger partial charge is 0.317 e. The van der Waals surface area contributed by atoms with E-state index in [-0.39, 0.29) is 6.42 Å². The van der Waals surface area contributed by atoms with Crippen LogP contribution >= 0.6 is 23.5 Å². The van der Waals surface area contributed by atoms with Crippen LogP contribution in [0.5, 0.6) is 0 Å². The highest BCUT2D eigenvalue weighted by molar-refractivity contribution is 7.99. The molecule has 0 aromatic carbocycles. The predicted octanol–water partition coefficient (Wildman–Crippen LogP) is 9.50. The van der Waals surface area contributed by atoms with Crippen molar-refractivity contribution >= 4 is 85.9 Å². The first-order valence-electron chi connectivity index (χ1n) is 16.7. The Bertz CT molecular complexity index is 882. The summed E-state index contributed by atoms with van der Waals surface area (Å²) in [6.45, 7) is 29.5. The average Bonchev–Trinajstić information content (AvgIpc) is 2.77.